The minimum atomic E-state index is -4.87. The van der Waals surface area contributed by atoms with Crippen LogP contribution in [0.15, 0.2) is 36.4 Å². The Bertz CT molecular complexity index is 1510. The molecule has 0 fully saturated rings. The predicted octanol–water partition coefficient (Wildman–Crippen LogP) is 6.76. The molecule has 0 aliphatic carbocycles. The first-order valence-electron chi connectivity index (χ1n) is 11.8. The van der Waals surface area contributed by atoms with Gasteiger partial charge in [0.1, 0.15) is 22.7 Å². The van der Waals surface area contributed by atoms with Crippen LogP contribution in [0, 0.1) is 11.6 Å². The number of alkyl halides is 3. The molecule has 2 heterocycles. The van der Waals surface area contributed by atoms with Crippen molar-refractivity contribution in [3.05, 3.63) is 65.0 Å². The number of halogens is 5. The lowest BCUT2D eigenvalue weighted by Gasteiger charge is -2.18. The van der Waals surface area contributed by atoms with Crippen molar-refractivity contribution >= 4 is 35.3 Å². The van der Waals surface area contributed by atoms with E-state index in [0.717, 1.165) is 6.07 Å². The van der Waals surface area contributed by atoms with Gasteiger partial charge in [0.15, 0.2) is 5.82 Å². The standard InChI is InChI=1S/C25H26F5N4O3P/c1-5-36-38(35,37-6-2)14-16-9-7-15(8-10-16)13-34-19-12-17(26)11-18(27)20(19)21-22(34)23(33(3)4)32-24(31-21)25(28,29)30/h7-12H,5-6,13-14H2,1-4H3. The number of aromatic nitrogens is 3. The molecule has 0 aliphatic heterocycles. The van der Waals surface area contributed by atoms with E-state index in [0.29, 0.717) is 17.2 Å². The summed E-state index contributed by atoms with van der Waals surface area (Å²) in [4.78, 5) is 8.73. The Morgan fingerprint density at radius 3 is 2.13 bits per heavy atom. The summed E-state index contributed by atoms with van der Waals surface area (Å²) in [7, 11) is -0.318. The van der Waals surface area contributed by atoms with E-state index in [4.69, 9.17) is 9.05 Å². The molecule has 0 spiro atoms. The third-order valence-electron chi connectivity index (χ3n) is 5.77. The molecular weight excluding hydrogens is 530 g/mol. The van der Waals surface area contributed by atoms with E-state index in [1.165, 1.54) is 23.6 Å². The van der Waals surface area contributed by atoms with Crippen LogP contribution in [0.1, 0.15) is 30.8 Å². The van der Waals surface area contributed by atoms with Crippen LogP contribution in [0.5, 0.6) is 0 Å². The Morgan fingerprint density at radius 2 is 1.58 bits per heavy atom. The minimum Gasteiger partial charge on any atom is -0.361 e. The van der Waals surface area contributed by atoms with Gasteiger partial charge >= 0.3 is 13.8 Å². The summed E-state index contributed by atoms with van der Waals surface area (Å²) >= 11 is 0. The number of benzene rings is 2. The highest BCUT2D eigenvalue weighted by molar-refractivity contribution is 7.53. The van der Waals surface area contributed by atoms with Crippen LogP contribution in [0.25, 0.3) is 21.9 Å². The highest BCUT2D eigenvalue weighted by Gasteiger charge is 2.37. The molecular formula is C25H26F5N4O3P. The summed E-state index contributed by atoms with van der Waals surface area (Å²) in [5, 5.41) is -0.233. The molecule has 0 saturated heterocycles. The molecule has 13 heteroatoms. The van der Waals surface area contributed by atoms with Crippen molar-refractivity contribution < 1.29 is 35.6 Å². The molecule has 0 bridgehead atoms. The maximum absolute atomic E-state index is 15.0. The fourth-order valence-corrected chi connectivity index (χ4v) is 5.98. The van der Waals surface area contributed by atoms with Crippen molar-refractivity contribution in [1.29, 1.82) is 0 Å². The summed E-state index contributed by atoms with van der Waals surface area (Å²) < 4.78 is 95.0. The van der Waals surface area contributed by atoms with Crippen LogP contribution < -0.4 is 4.90 Å². The highest BCUT2D eigenvalue weighted by atomic mass is 31.2. The van der Waals surface area contributed by atoms with Gasteiger partial charge in [-0.3, -0.25) is 4.57 Å². The molecule has 0 N–H and O–H groups in total. The lowest BCUT2D eigenvalue weighted by molar-refractivity contribution is -0.144. The average molecular weight is 556 g/mol. The SMILES string of the molecule is CCOP(=O)(Cc1ccc(Cn2c3cc(F)cc(F)c3c3nc(C(F)(F)F)nc(N(C)C)c32)cc1)OCC. The fraction of sp³-hybridized carbons (Fsp3) is 0.360. The van der Waals surface area contributed by atoms with E-state index < -0.39 is 31.2 Å². The quantitative estimate of drug-likeness (QED) is 0.168. The maximum atomic E-state index is 15.0. The van der Waals surface area contributed by atoms with Gasteiger partial charge in [-0.2, -0.15) is 13.2 Å². The van der Waals surface area contributed by atoms with E-state index in [-0.39, 0.29) is 53.7 Å². The number of fused-ring (bicyclic) bond motifs is 3. The molecule has 0 amide bonds. The number of nitrogens with zero attached hydrogens (tertiary/aromatic N) is 4. The zero-order valence-electron chi connectivity index (χ0n) is 21.1. The van der Waals surface area contributed by atoms with E-state index in [1.807, 2.05) is 0 Å². The van der Waals surface area contributed by atoms with Gasteiger partial charge in [-0.1, -0.05) is 24.3 Å². The smallest absolute Gasteiger partial charge is 0.361 e. The Hall–Kier alpha value is -3.08. The van der Waals surface area contributed by atoms with Crippen molar-refractivity contribution in [3.8, 4) is 0 Å². The summed E-state index contributed by atoms with van der Waals surface area (Å²) in [6.45, 7) is 3.93. The summed E-state index contributed by atoms with van der Waals surface area (Å²) in [5.74, 6) is -3.43. The Balaban J connectivity index is 1.85. The monoisotopic (exact) mass is 556 g/mol. The molecule has 0 saturated carbocycles. The molecule has 7 nitrogen and oxygen atoms in total. The van der Waals surface area contributed by atoms with Gasteiger partial charge in [-0.05, 0) is 31.0 Å². The lowest BCUT2D eigenvalue weighted by Crippen LogP contribution is -2.18. The van der Waals surface area contributed by atoms with Gasteiger partial charge in [-0.15, -0.1) is 0 Å². The third kappa shape index (κ3) is 5.52. The molecule has 0 atom stereocenters. The zero-order valence-corrected chi connectivity index (χ0v) is 22.0. The van der Waals surface area contributed by atoms with Crippen molar-refractivity contribution in [1.82, 2.24) is 14.5 Å². The van der Waals surface area contributed by atoms with Crippen LogP contribution in [0.3, 0.4) is 0 Å². The van der Waals surface area contributed by atoms with E-state index in [1.54, 1.807) is 38.1 Å². The summed E-state index contributed by atoms with van der Waals surface area (Å²) in [6, 6.07) is 8.57. The van der Waals surface area contributed by atoms with E-state index in [2.05, 4.69) is 9.97 Å². The van der Waals surface area contributed by atoms with Crippen molar-refractivity contribution in [2.45, 2.75) is 32.7 Å². The molecule has 4 aromatic rings. The normalized spacial score (nSPS) is 12.6. The first-order valence-corrected chi connectivity index (χ1v) is 13.5. The molecule has 204 valence electrons. The topological polar surface area (TPSA) is 69.5 Å². The molecule has 0 radical (unpaired) electrons. The van der Waals surface area contributed by atoms with Gasteiger partial charge in [0, 0.05) is 26.7 Å². The van der Waals surface area contributed by atoms with E-state index >= 15 is 0 Å². The van der Waals surface area contributed by atoms with Crippen molar-refractivity contribution in [2.75, 3.05) is 32.2 Å². The molecule has 4 rings (SSSR count). The number of hydrogen-bond acceptors (Lipinski definition) is 6. The third-order valence-corrected chi connectivity index (χ3v) is 7.82. The lowest BCUT2D eigenvalue weighted by atomic mass is 10.1. The minimum absolute atomic E-state index is 0.0375. The van der Waals surface area contributed by atoms with Gasteiger partial charge < -0.3 is 18.5 Å². The van der Waals surface area contributed by atoms with Crippen LogP contribution in [-0.2, 0) is 32.5 Å². The fourth-order valence-electron chi connectivity index (χ4n) is 4.27. The number of rotatable bonds is 9. The largest absolute Gasteiger partial charge is 0.451 e. The predicted molar refractivity (Wildman–Crippen MR) is 134 cm³/mol. The van der Waals surface area contributed by atoms with Gasteiger partial charge in [0.2, 0.25) is 5.82 Å². The summed E-state index contributed by atoms with van der Waals surface area (Å²) in [6.07, 6.45) is -4.82. The molecule has 2 aromatic heterocycles. The Kier molecular flexibility index (Phi) is 7.79. The highest BCUT2D eigenvalue weighted by Crippen LogP contribution is 2.51. The number of anilines is 1. The Morgan fingerprint density at radius 1 is 0.974 bits per heavy atom. The van der Waals surface area contributed by atoms with Crippen molar-refractivity contribution in [2.24, 2.45) is 0 Å². The van der Waals surface area contributed by atoms with Crippen LogP contribution in [-0.4, -0.2) is 41.8 Å². The van der Waals surface area contributed by atoms with Gasteiger partial charge in [0.25, 0.3) is 0 Å². The molecule has 2 aromatic carbocycles. The number of hydrogen-bond donors (Lipinski definition) is 0. The molecule has 0 unspecified atom stereocenters. The van der Waals surface area contributed by atoms with Gasteiger partial charge in [0.05, 0.1) is 30.3 Å². The first-order chi connectivity index (χ1) is 17.9. The zero-order chi connectivity index (χ0) is 27.8. The van der Waals surface area contributed by atoms with Crippen molar-refractivity contribution in [3.63, 3.8) is 0 Å². The van der Waals surface area contributed by atoms with Gasteiger partial charge in [-0.25, -0.2) is 18.7 Å². The average Bonchev–Trinajstić information content (AvgIpc) is 3.12. The first kappa shape index (κ1) is 27.9. The van der Waals surface area contributed by atoms with E-state index in [9.17, 15) is 26.5 Å². The second-order valence-electron chi connectivity index (χ2n) is 8.75. The Labute approximate surface area is 215 Å². The van der Waals surface area contributed by atoms with Crippen LogP contribution in [0.4, 0.5) is 27.8 Å². The van der Waals surface area contributed by atoms with Crippen LogP contribution in [0.2, 0.25) is 0 Å². The summed E-state index contributed by atoms with van der Waals surface area (Å²) in [5.41, 5.74) is 1.25. The maximum Gasteiger partial charge on any atom is 0.451 e. The molecule has 0 aliphatic rings. The second kappa shape index (κ2) is 10.6. The molecule has 38 heavy (non-hydrogen) atoms. The second-order valence-corrected chi connectivity index (χ2v) is 10.8. The van der Waals surface area contributed by atoms with Crippen LogP contribution >= 0.6 is 7.60 Å².